The van der Waals surface area contributed by atoms with Gasteiger partial charge in [-0.05, 0) is 48.7 Å². The smallest absolute Gasteiger partial charge is 0.260 e. The predicted molar refractivity (Wildman–Crippen MR) is 101 cm³/mol. The first-order valence-corrected chi connectivity index (χ1v) is 8.97. The lowest BCUT2D eigenvalue weighted by Gasteiger charge is -2.36. The molecule has 0 bridgehead atoms. The first-order valence-electron chi connectivity index (χ1n) is 8.97. The van der Waals surface area contributed by atoms with Gasteiger partial charge in [0.2, 0.25) is 0 Å². The van der Waals surface area contributed by atoms with E-state index in [9.17, 15) is 4.79 Å². The molecular weight excluding hydrogens is 312 g/mol. The number of benzene rings is 2. The Balaban J connectivity index is 1.49. The third-order valence-corrected chi connectivity index (χ3v) is 4.67. The van der Waals surface area contributed by atoms with Crippen LogP contribution in [0.15, 0.2) is 48.5 Å². The molecule has 4 nitrogen and oxygen atoms in total. The third-order valence-electron chi connectivity index (χ3n) is 4.67. The van der Waals surface area contributed by atoms with Crippen LogP contribution in [0, 0.1) is 6.92 Å². The number of carbonyl (C=O) groups is 1. The quantitative estimate of drug-likeness (QED) is 0.839. The van der Waals surface area contributed by atoms with Crippen LogP contribution in [0.4, 0.5) is 5.69 Å². The number of ether oxygens (including phenoxy) is 1. The summed E-state index contributed by atoms with van der Waals surface area (Å²) < 4.78 is 5.69. The highest BCUT2D eigenvalue weighted by Gasteiger charge is 2.21. The SMILES string of the molecule is CCc1cccc(OCC(=O)N2CCN(c3cccc(C)c3)CC2)c1. The fraction of sp³-hybridized carbons (Fsp3) is 0.381. The summed E-state index contributed by atoms with van der Waals surface area (Å²) in [5.41, 5.74) is 3.72. The standard InChI is InChI=1S/C21H26N2O2/c1-3-18-7-5-9-20(15-18)25-16-21(24)23-12-10-22(11-13-23)19-8-4-6-17(2)14-19/h4-9,14-15H,3,10-13,16H2,1-2H3. The molecule has 3 rings (SSSR count). The predicted octanol–water partition coefficient (Wildman–Crippen LogP) is 3.29. The van der Waals surface area contributed by atoms with E-state index in [1.165, 1.54) is 16.8 Å². The van der Waals surface area contributed by atoms with E-state index in [2.05, 4.69) is 49.1 Å². The van der Waals surface area contributed by atoms with E-state index >= 15 is 0 Å². The molecule has 1 heterocycles. The van der Waals surface area contributed by atoms with Gasteiger partial charge in [-0.25, -0.2) is 0 Å². The second-order valence-corrected chi connectivity index (χ2v) is 6.50. The highest BCUT2D eigenvalue weighted by Crippen LogP contribution is 2.18. The van der Waals surface area contributed by atoms with Crippen molar-refractivity contribution < 1.29 is 9.53 Å². The maximum atomic E-state index is 12.4. The zero-order valence-electron chi connectivity index (χ0n) is 15.1. The number of hydrogen-bond acceptors (Lipinski definition) is 3. The molecule has 0 unspecified atom stereocenters. The monoisotopic (exact) mass is 338 g/mol. The number of carbonyl (C=O) groups excluding carboxylic acids is 1. The van der Waals surface area contributed by atoms with Crippen molar-refractivity contribution in [2.75, 3.05) is 37.7 Å². The van der Waals surface area contributed by atoms with Gasteiger partial charge in [-0.2, -0.15) is 0 Å². The van der Waals surface area contributed by atoms with Crippen LogP contribution in [0.25, 0.3) is 0 Å². The Labute approximate surface area is 150 Å². The van der Waals surface area contributed by atoms with E-state index in [1.807, 2.05) is 23.1 Å². The molecule has 4 heteroatoms. The van der Waals surface area contributed by atoms with E-state index in [0.29, 0.717) is 0 Å². The Bertz CT molecular complexity index is 721. The third kappa shape index (κ3) is 4.53. The van der Waals surface area contributed by atoms with Crippen molar-refractivity contribution in [3.05, 3.63) is 59.7 Å². The molecule has 1 aliphatic rings. The molecule has 1 saturated heterocycles. The fourth-order valence-corrected chi connectivity index (χ4v) is 3.13. The Morgan fingerprint density at radius 2 is 1.80 bits per heavy atom. The van der Waals surface area contributed by atoms with Crippen LogP contribution < -0.4 is 9.64 Å². The molecule has 1 aliphatic heterocycles. The number of anilines is 1. The summed E-state index contributed by atoms with van der Waals surface area (Å²) in [6.07, 6.45) is 0.964. The minimum Gasteiger partial charge on any atom is -0.484 e. The van der Waals surface area contributed by atoms with Crippen molar-refractivity contribution >= 4 is 11.6 Å². The zero-order chi connectivity index (χ0) is 17.6. The fourth-order valence-electron chi connectivity index (χ4n) is 3.13. The van der Waals surface area contributed by atoms with E-state index in [4.69, 9.17) is 4.74 Å². The van der Waals surface area contributed by atoms with Gasteiger partial charge in [-0.3, -0.25) is 4.79 Å². The van der Waals surface area contributed by atoms with Crippen LogP contribution >= 0.6 is 0 Å². The van der Waals surface area contributed by atoms with E-state index < -0.39 is 0 Å². The van der Waals surface area contributed by atoms with Crippen molar-refractivity contribution in [2.45, 2.75) is 20.3 Å². The Morgan fingerprint density at radius 1 is 1.04 bits per heavy atom. The largest absolute Gasteiger partial charge is 0.484 e. The molecule has 1 fully saturated rings. The molecule has 2 aromatic rings. The van der Waals surface area contributed by atoms with Gasteiger partial charge in [0.15, 0.2) is 6.61 Å². The number of piperazine rings is 1. The number of nitrogens with zero attached hydrogens (tertiary/aromatic N) is 2. The first-order chi connectivity index (χ1) is 12.2. The molecule has 0 radical (unpaired) electrons. The molecule has 0 saturated carbocycles. The zero-order valence-corrected chi connectivity index (χ0v) is 15.1. The lowest BCUT2D eigenvalue weighted by atomic mass is 10.2. The Hall–Kier alpha value is -2.49. The molecule has 0 atom stereocenters. The van der Waals surface area contributed by atoms with Crippen molar-refractivity contribution in [3.8, 4) is 5.75 Å². The lowest BCUT2D eigenvalue weighted by molar-refractivity contribution is -0.133. The Morgan fingerprint density at radius 3 is 2.52 bits per heavy atom. The van der Waals surface area contributed by atoms with Gasteiger partial charge in [-0.1, -0.05) is 31.2 Å². The van der Waals surface area contributed by atoms with Gasteiger partial charge in [0.25, 0.3) is 5.91 Å². The lowest BCUT2D eigenvalue weighted by Crippen LogP contribution is -2.50. The second kappa shape index (κ2) is 8.06. The van der Waals surface area contributed by atoms with E-state index in [1.54, 1.807) is 0 Å². The molecule has 2 aromatic carbocycles. The van der Waals surface area contributed by atoms with Crippen molar-refractivity contribution in [2.24, 2.45) is 0 Å². The highest BCUT2D eigenvalue weighted by atomic mass is 16.5. The van der Waals surface area contributed by atoms with E-state index in [-0.39, 0.29) is 12.5 Å². The highest BCUT2D eigenvalue weighted by molar-refractivity contribution is 5.78. The molecule has 0 aliphatic carbocycles. The van der Waals surface area contributed by atoms with Gasteiger partial charge in [0.1, 0.15) is 5.75 Å². The first kappa shape index (κ1) is 17.3. The van der Waals surface area contributed by atoms with Crippen LogP contribution in [-0.2, 0) is 11.2 Å². The van der Waals surface area contributed by atoms with E-state index in [0.717, 1.165) is 38.3 Å². The summed E-state index contributed by atoms with van der Waals surface area (Å²) in [5.74, 6) is 0.830. The summed E-state index contributed by atoms with van der Waals surface area (Å²) in [6.45, 7) is 7.53. The number of amides is 1. The van der Waals surface area contributed by atoms with Crippen LogP contribution in [0.2, 0.25) is 0 Å². The van der Waals surface area contributed by atoms with Crippen LogP contribution in [0.3, 0.4) is 0 Å². The Kier molecular flexibility index (Phi) is 5.59. The van der Waals surface area contributed by atoms with Gasteiger partial charge < -0.3 is 14.5 Å². The summed E-state index contributed by atoms with van der Waals surface area (Å²) in [7, 11) is 0. The summed E-state index contributed by atoms with van der Waals surface area (Å²) in [5, 5.41) is 0. The van der Waals surface area contributed by atoms with Crippen molar-refractivity contribution in [3.63, 3.8) is 0 Å². The van der Waals surface area contributed by atoms with Gasteiger partial charge in [0, 0.05) is 31.9 Å². The van der Waals surface area contributed by atoms with Crippen LogP contribution in [0.1, 0.15) is 18.1 Å². The minimum atomic E-state index is 0.0609. The topological polar surface area (TPSA) is 32.8 Å². The molecule has 0 aromatic heterocycles. The average molecular weight is 338 g/mol. The summed E-state index contributed by atoms with van der Waals surface area (Å²) in [6, 6.07) is 16.5. The normalized spacial score (nSPS) is 14.5. The molecular formula is C21H26N2O2. The molecule has 0 spiro atoms. The number of aryl methyl sites for hydroxylation is 2. The maximum absolute atomic E-state index is 12.4. The van der Waals surface area contributed by atoms with Crippen molar-refractivity contribution in [1.82, 2.24) is 4.90 Å². The van der Waals surface area contributed by atoms with Gasteiger partial charge in [0.05, 0.1) is 0 Å². The molecule has 132 valence electrons. The van der Waals surface area contributed by atoms with Gasteiger partial charge in [-0.15, -0.1) is 0 Å². The molecule has 1 amide bonds. The molecule has 0 N–H and O–H groups in total. The second-order valence-electron chi connectivity index (χ2n) is 6.50. The van der Waals surface area contributed by atoms with Crippen LogP contribution in [-0.4, -0.2) is 43.6 Å². The average Bonchev–Trinajstić information content (AvgIpc) is 2.66. The number of hydrogen-bond donors (Lipinski definition) is 0. The summed E-state index contributed by atoms with van der Waals surface area (Å²) >= 11 is 0. The minimum absolute atomic E-state index is 0.0609. The number of rotatable bonds is 5. The molecule has 25 heavy (non-hydrogen) atoms. The van der Waals surface area contributed by atoms with Gasteiger partial charge >= 0.3 is 0 Å². The maximum Gasteiger partial charge on any atom is 0.260 e. The summed E-state index contributed by atoms with van der Waals surface area (Å²) in [4.78, 5) is 16.6. The van der Waals surface area contributed by atoms with Crippen molar-refractivity contribution in [1.29, 1.82) is 0 Å². The van der Waals surface area contributed by atoms with Crippen LogP contribution in [0.5, 0.6) is 5.75 Å².